The molecule has 0 aliphatic rings. The summed E-state index contributed by atoms with van der Waals surface area (Å²) in [6.45, 7) is -1.55. The third kappa shape index (κ3) is 4.43. The Labute approximate surface area is 165 Å². The molecule has 0 radical (unpaired) electrons. The standard InChI is InChI=1S/C18H13ClF3N3O4/c19-11-3-1-2-10(6-11)7-25-5-4-24-8-12(16(28)23-9-18(20,21)22)14(26)15(27)13(24)17(25)29/h1-6,8,27H,7,9H2,(H,23,28). The van der Waals surface area contributed by atoms with Crippen molar-refractivity contribution in [2.45, 2.75) is 12.7 Å². The summed E-state index contributed by atoms with van der Waals surface area (Å²) >= 11 is 5.91. The third-order valence-corrected chi connectivity index (χ3v) is 4.25. The van der Waals surface area contributed by atoms with E-state index in [0.717, 1.165) is 10.6 Å². The second kappa shape index (κ2) is 7.63. The van der Waals surface area contributed by atoms with Gasteiger partial charge in [-0.25, -0.2) is 0 Å². The highest BCUT2D eigenvalue weighted by molar-refractivity contribution is 6.30. The van der Waals surface area contributed by atoms with Crippen LogP contribution in [-0.4, -0.2) is 32.7 Å². The van der Waals surface area contributed by atoms with Crippen molar-refractivity contribution in [3.63, 3.8) is 0 Å². The molecule has 11 heteroatoms. The molecular formula is C18H13ClF3N3O4. The van der Waals surface area contributed by atoms with E-state index >= 15 is 0 Å². The monoisotopic (exact) mass is 427 g/mol. The molecule has 0 bridgehead atoms. The van der Waals surface area contributed by atoms with Crippen LogP contribution in [0.25, 0.3) is 5.52 Å². The fraction of sp³-hybridized carbons (Fsp3) is 0.167. The highest BCUT2D eigenvalue weighted by Crippen LogP contribution is 2.15. The molecular weight excluding hydrogens is 415 g/mol. The number of amides is 1. The number of pyridine rings is 1. The van der Waals surface area contributed by atoms with E-state index in [1.54, 1.807) is 29.6 Å². The molecule has 0 spiro atoms. The highest BCUT2D eigenvalue weighted by Gasteiger charge is 2.29. The second-order valence-electron chi connectivity index (χ2n) is 6.14. The predicted octanol–water partition coefficient (Wildman–Crippen LogP) is 2.16. The number of aromatic nitrogens is 2. The van der Waals surface area contributed by atoms with Gasteiger partial charge in [-0.05, 0) is 17.7 Å². The Morgan fingerprint density at radius 1 is 1.21 bits per heavy atom. The number of nitrogens with zero attached hydrogens (tertiary/aromatic N) is 2. The molecule has 0 aliphatic heterocycles. The van der Waals surface area contributed by atoms with Gasteiger partial charge >= 0.3 is 6.18 Å². The summed E-state index contributed by atoms with van der Waals surface area (Å²) in [6, 6.07) is 6.71. The predicted molar refractivity (Wildman–Crippen MR) is 98.5 cm³/mol. The third-order valence-electron chi connectivity index (χ3n) is 4.02. The van der Waals surface area contributed by atoms with Crippen LogP contribution in [-0.2, 0) is 6.54 Å². The molecule has 7 nitrogen and oxygen atoms in total. The topological polar surface area (TPSA) is 92.8 Å². The van der Waals surface area contributed by atoms with Gasteiger partial charge in [0.25, 0.3) is 11.5 Å². The van der Waals surface area contributed by atoms with Gasteiger partial charge in [0.15, 0.2) is 11.3 Å². The van der Waals surface area contributed by atoms with E-state index in [1.165, 1.54) is 17.0 Å². The van der Waals surface area contributed by atoms with Gasteiger partial charge in [0.05, 0.1) is 6.54 Å². The van der Waals surface area contributed by atoms with Crippen LogP contribution in [0, 0.1) is 0 Å². The lowest BCUT2D eigenvalue weighted by Crippen LogP contribution is -2.36. The minimum Gasteiger partial charge on any atom is -0.503 e. The van der Waals surface area contributed by atoms with E-state index in [2.05, 4.69) is 0 Å². The van der Waals surface area contributed by atoms with Crippen LogP contribution in [0.15, 0.2) is 52.4 Å². The van der Waals surface area contributed by atoms with E-state index in [-0.39, 0.29) is 6.54 Å². The van der Waals surface area contributed by atoms with Crippen LogP contribution in [0.4, 0.5) is 13.2 Å². The zero-order valence-corrected chi connectivity index (χ0v) is 15.3. The van der Waals surface area contributed by atoms with Crippen LogP contribution in [0.3, 0.4) is 0 Å². The maximum atomic E-state index is 12.7. The minimum absolute atomic E-state index is 0.0946. The van der Waals surface area contributed by atoms with Crippen molar-refractivity contribution in [2.24, 2.45) is 0 Å². The van der Waals surface area contributed by atoms with Gasteiger partial charge in [-0.1, -0.05) is 23.7 Å². The summed E-state index contributed by atoms with van der Waals surface area (Å²) in [6.07, 6.45) is -1.13. The number of alkyl halides is 3. The molecule has 2 heterocycles. The van der Waals surface area contributed by atoms with E-state index in [1.807, 2.05) is 0 Å². The van der Waals surface area contributed by atoms with Crippen molar-refractivity contribution >= 4 is 23.0 Å². The number of rotatable bonds is 4. The van der Waals surface area contributed by atoms with E-state index in [9.17, 15) is 32.7 Å². The number of halogens is 4. The number of nitrogens with one attached hydrogen (secondary N) is 1. The molecule has 1 amide bonds. The van der Waals surface area contributed by atoms with Crippen LogP contribution in [0.5, 0.6) is 5.75 Å². The Balaban J connectivity index is 2.03. The molecule has 152 valence electrons. The van der Waals surface area contributed by atoms with Crippen LogP contribution in [0.2, 0.25) is 5.02 Å². The minimum atomic E-state index is -4.67. The summed E-state index contributed by atoms with van der Waals surface area (Å²) in [5, 5.41) is 12.2. The molecule has 0 aliphatic carbocycles. The van der Waals surface area contributed by atoms with Gasteiger partial charge in [-0.3, -0.25) is 14.4 Å². The molecule has 0 saturated heterocycles. The van der Waals surface area contributed by atoms with E-state index in [4.69, 9.17) is 11.6 Å². The summed E-state index contributed by atoms with van der Waals surface area (Å²) in [7, 11) is 0. The molecule has 0 atom stereocenters. The summed E-state index contributed by atoms with van der Waals surface area (Å²) in [4.78, 5) is 36.8. The number of aromatic hydroxyl groups is 1. The van der Waals surface area contributed by atoms with Crippen molar-refractivity contribution in [2.75, 3.05) is 6.54 Å². The molecule has 1 aromatic carbocycles. The van der Waals surface area contributed by atoms with Crippen molar-refractivity contribution in [3.05, 3.63) is 79.6 Å². The average Bonchev–Trinajstić information content (AvgIpc) is 2.64. The Bertz CT molecular complexity index is 1220. The summed E-state index contributed by atoms with van der Waals surface area (Å²) < 4.78 is 39.0. The Morgan fingerprint density at radius 3 is 2.59 bits per heavy atom. The number of fused-ring (bicyclic) bond motifs is 1. The van der Waals surface area contributed by atoms with Crippen LogP contribution < -0.4 is 16.3 Å². The zero-order valence-electron chi connectivity index (χ0n) is 14.5. The van der Waals surface area contributed by atoms with Gasteiger partial charge in [-0.15, -0.1) is 0 Å². The molecule has 2 aromatic heterocycles. The first kappa shape index (κ1) is 20.5. The lowest BCUT2D eigenvalue weighted by atomic mass is 10.2. The molecule has 2 N–H and O–H groups in total. The van der Waals surface area contributed by atoms with Crippen molar-refractivity contribution < 1.29 is 23.1 Å². The molecule has 29 heavy (non-hydrogen) atoms. The number of benzene rings is 1. The Morgan fingerprint density at radius 2 is 1.93 bits per heavy atom. The smallest absolute Gasteiger partial charge is 0.405 e. The number of carbonyl (C=O) groups excluding carboxylic acids is 1. The van der Waals surface area contributed by atoms with Gasteiger partial charge in [0.2, 0.25) is 5.43 Å². The SMILES string of the molecule is O=C(NCC(F)(F)F)c1cn2ccn(Cc3cccc(Cl)c3)c(=O)c2c(O)c1=O. The quantitative estimate of drug-likeness (QED) is 0.667. The maximum absolute atomic E-state index is 12.7. The fourth-order valence-electron chi connectivity index (χ4n) is 2.70. The number of carbonyl (C=O) groups is 1. The average molecular weight is 428 g/mol. The molecule has 0 fully saturated rings. The Kier molecular flexibility index (Phi) is 5.38. The van der Waals surface area contributed by atoms with Gasteiger partial charge in [0.1, 0.15) is 12.1 Å². The first-order valence-corrected chi connectivity index (χ1v) is 8.51. The first-order valence-electron chi connectivity index (χ1n) is 8.13. The van der Waals surface area contributed by atoms with Crippen molar-refractivity contribution in [1.82, 2.24) is 14.3 Å². The van der Waals surface area contributed by atoms with Gasteiger partial charge < -0.3 is 19.4 Å². The van der Waals surface area contributed by atoms with E-state index in [0.29, 0.717) is 10.6 Å². The van der Waals surface area contributed by atoms with E-state index < -0.39 is 46.4 Å². The normalized spacial score (nSPS) is 11.6. The largest absolute Gasteiger partial charge is 0.503 e. The molecule has 0 saturated carbocycles. The molecule has 3 aromatic rings. The van der Waals surface area contributed by atoms with Crippen LogP contribution in [0.1, 0.15) is 15.9 Å². The van der Waals surface area contributed by atoms with Crippen molar-refractivity contribution in [3.8, 4) is 5.75 Å². The molecule has 3 rings (SSSR count). The number of hydrogen-bond donors (Lipinski definition) is 2. The van der Waals surface area contributed by atoms with Crippen LogP contribution >= 0.6 is 11.6 Å². The van der Waals surface area contributed by atoms with Gasteiger partial charge in [0, 0.05) is 23.6 Å². The lowest BCUT2D eigenvalue weighted by molar-refractivity contribution is -0.123. The van der Waals surface area contributed by atoms with Gasteiger partial charge in [-0.2, -0.15) is 13.2 Å². The first-order chi connectivity index (χ1) is 13.6. The van der Waals surface area contributed by atoms with Crippen molar-refractivity contribution in [1.29, 1.82) is 0 Å². The summed E-state index contributed by atoms with van der Waals surface area (Å²) in [5.41, 5.74) is -2.43. The highest BCUT2D eigenvalue weighted by atomic mass is 35.5. The zero-order chi connectivity index (χ0) is 21.3. The lowest BCUT2D eigenvalue weighted by Gasteiger charge is -2.12. The number of hydrogen-bond acceptors (Lipinski definition) is 4. The second-order valence-corrected chi connectivity index (χ2v) is 6.57. The Hall–Kier alpha value is -3.27. The maximum Gasteiger partial charge on any atom is 0.405 e. The summed E-state index contributed by atoms with van der Waals surface area (Å²) in [5.74, 6) is -2.35. The fourth-order valence-corrected chi connectivity index (χ4v) is 2.91. The molecule has 0 unspecified atom stereocenters.